The molecule has 1 amide bonds. The molecule has 1 aromatic heterocycles. The molecule has 160 valence electrons. The Morgan fingerprint density at radius 2 is 2.10 bits per heavy atom. The third kappa shape index (κ3) is 4.77. The smallest absolute Gasteiger partial charge is 0.272 e. The highest BCUT2D eigenvalue weighted by Crippen LogP contribution is 2.35. The summed E-state index contributed by atoms with van der Waals surface area (Å²) >= 11 is 2.70. The number of nitrogens with one attached hydrogen (secondary N) is 1. The summed E-state index contributed by atoms with van der Waals surface area (Å²) in [6.45, 7) is 2.06. The Bertz CT molecular complexity index is 1180. The van der Waals surface area contributed by atoms with Crippen LogP contribution in [-0.2, 0) is 11.2 Å². The van der Waals surface area contributed by atoms with Gasteiger partial charge in [-0.25, -0.2) is 9.37 Å². The standard InChI is InChI=1S/C22H20FN3O3S2/c1-13-10-18-20(31-13)21(28)26(16-6-8-17(29-2)9-7-16)22(25-18)30-12-19(27)24-15-5-3-4-14(23)11-15/h3-9,11,13H,10,12H2,1-2H3,(H,24,27). The summed E-state index contributed by atoms with van der Waals surface area (Å²) < 4.78 is 20.1. The quantitative estimate of drug-likeness (QED) is 0.443. The number of hydrogen-bond acceptors (Lipinski definition) is 6. The Morgan fingerprint density at radius 1 is 1.32 bits per heavy atom. The van der Waals surface area contributed by atoms with Gasteiger partial charge in [-0.3, -0.25) is 14.2 Å². The lowest BCUT2D eigenvalue weighted by Crippen LogP contribution is -2.24. The van der Waals surface area contributed by atoms with E-state index in [2.05, 4.69) is 12.2 Å². The number of amides is 1. The van der Waals surface area contributed by atoms with Gasteiger partial charge in [0.1, 0.15) is 11.6 Å². The number of anilines is 1. The number of ether oxygens (including phenoxy) is 1. The molecule has 1 aliphatic heterocycles. The summed E-state index contributed by atoms with van der Waals surface area (Å²) in [5.41, 5.74) is 1.65. The van der Waals surface area contributed by atoms with Crippen LogP contribution < -0.4 is 15.6 Å². The summed E-state index contributed by atoms with van der Waals surface area (Å²) in [7, 11) is 1.58. The minimum Gasteiger partial charge on any atom is -0.497 e. The maximum Gasteiger partial charge on any atom is 0.272 e. The van der Waals surface area contributed by atoms with Crippen molar-refractivity contribution < 1.29 is 13.9 Å². The average Bonchev–Trinajstić information content (AvgIpc) is 3.13. The number of carbonyl (C=O) groups is 1. The van der Waals surface area contributed by atoms with Crippen molar-refractivity contribution in [1.29, 1.82) is 0 Å². The minimum absolute atomic E-state index is 0.0284. The van der Waals surface area contributed by atoms with E-state index >= 15 is 0 Å². The number of methoxy groups -OCH3 is 1. The second-order valence-electron chi connectivity index (χ2n) is 6.99. The van der Waals surface area contributed by atoms with Gasteiger partial charge in [-0.1, -0.05) is 24.8 Å². The fraction of sp³-hybridized carbons (Fsp3) is 0.227. The highest BCUT2D eigenvalue weighted by Gasteiger charge is 2.27. The molecule has 0 radical (unpaired) electrons. The number of nitrogens with zero attached hydrogens (tertiary/aromatic N) is 2. The third-order valence-corrected chi connectivity index (χ3v) is 6.81. The van der Waals surface area contributed by atoms with E-state index in [0.29, 0.717) is 33.6 Å². The Hall–Kier alpha value is -2.78. The third-order valence-electron chi connectivity index (χ3n) is 4.65. The first-order valence-electron chi connectivity index (χ1n) is 9.60. The zero-order valence-corrected chi connectivity index (χ0v) is 18.6. The SMILES string of the molecule is COc1ccc(-n2c(SCC(=O)Nc3cccc(F)c3)nc3c(c2=O)SC(C)C3)cc1. The number of thioether (sulfide) groups is 2. The number of hydrogen-bond donors (Lipinski definition) is 1. The lowest BCUT2D eigenvalue weighted by molar-refractivity contribution is -0.113. The van der Waals surface area contributed by atoms with Crippen LogP contribution in [0, 0.1) is 5.82 Å². The molecule has 9 heteroatoms. The van der Waals surface area contributed by atoms with Crippen LogP contribution in [0.5, 0.6) is 5.75 Å². The molecular weight excluding hydrogens is 437 g/mol. The van der Waals surface area contributed by atoms with Crippen molar-refractivity contribution in [1.82, 2.24) is 9.55 Å². The first-order valence-corrected chi connectivity index (χ1v) is 11.5. The normalized spacial score (nSPS) is 14.9. The van der Waals surface area contributed by atoms with E-state index in [-0.39, 0.29) is 22.5 Å². The molecule has 2 heterocycles. The van der Waals surface area contributed by atoms with Crippen LogP contribution in [0.1, 0.15) is 12.6 Å². The molecule has 2 aromatic carbocycles. The second-order valence-corrected chi connectivity index (χ2v) is 9.38. The van der Waals surface area contributed by atoms with Crippen molar-refractivity contribution in [2.45, 2.75) is 28.6 Å². The van der Waals surface area contributed by atoms with Crippen LogP contribution in [0.15, 0.2) is 63.4 Å². The maximum absolute atomic E-state index is 13.4. The summed E-state index contributed by atoms with van der Waals surface area (Å²) in [5, 5.41) is 3.38. The molecule has 1 unspecified atom stereocenters. The molecule has 1 N–H and O–H groups in total. The number of aromatic nitrogens is 2. The monoisotopic (exact) mass is 457 g/mol. The molecule has 1 atom stereocenters. The number of fused-ring (bicyclic) bond motifs is 1. The van der Waals surface area contributed by atoms with Gasteiger partial charge in [-0.2, -0.15) is 0 Å². The fourth-order valence-corrected chi connectivity index (χ4v) is 5.17. The van der Waals surface area contributed by atoms with Crippen molar-refractivity contribution in [2.75, 3.05) is 18.2 Å². The molecule has 31 heavy (non-hydrogen) atoms. The van der Waals surface area contributed by atoms with Gasteiger partial charge in [-0.05, 0) is 42.5 Å². The first kappa shape index (κ1) is 21.5. The van der Waals surface area contributed by atoms with E-state index in [1.807, 2.05) is 0 Å². The van der Waals surface area contributed by atoms with E-state index < -0.39 is 5.82 Å². The largest absolute Gasteiger partial charge is 0.497 e. The Labute approximate surface area is 187 Å². The highest BCUT2D eigenvalue weighted by atomic mass is 32.2. The molecule has 0 spiro atoms. The molecule has 0 saturated heterocycles. The molecule has 0 aliphatic carbocycles. The number of carbonyl (C=O) groups excluding carboxylic acids is 1. The Morgan fingerprint density at radius 3 is 2.81 bits per heavy atom. The van der Waals surface area contributed by atoms with Gasteiger partial charge in [0.25, 0.3) is 5.56 Å². The number of benzene rings is 2. The molecule has 0 fully saturated rings. The van der Waals surface area contributed by atoms with Gasteiger partial charge in [0, 0.05) is 17.4 Å². The van der Waals surface area contributed by atoms with Crippen LogP contribution in [0.25, 0.3) is 5.69 Å². The van der Waals surface area contributed by atoms with Gasteiger partial charge in [0.15, 0.2) is 5.16 Å². The molecule has 4 rings (SSSR count). The first-order chi connectivity index (χ1) is 14.9. The summed E-state index contributed by atoms with van der Waals surface area (Å²) in [6, 6.07) is 12.8. The molecule has 0 saturated carbocycles. The van der Waals surface area contributed by atoms with Crippen LogP contribution in [-0.4, -0.2) is 33.6 Å². The maximum atomic E-state index is 13.4. The second kappa shape index (κ2) is 9.15. The zero-order valence-electron chi connectivity index (χ0n) is 16.9. The Balaban J connectivity index is 1.62. The summed E-state index contributed by atoms with van der Waals surface area (Å²) in [4.78, 5) is 31.0. The van der Waals surface area contributed by atoms with Crippen molar-refractivity contribution in [3.8, 4) is 11.4 Å². The lowest BCUT2D eigenvalue weighted by Gasteiger charge is -2.14. The summed E-state index contributed by atoms with van der Waals surface area (Å²) in [6.07, 6.45) is 0.710. The lowest BCUT2D eigenvalue weighted by atomic mass is 10.2. The molecule has 3 aromatic rings. The molecular formula is C22H20FN3O3S2. The molecule has 1 aliphatic rings. The van der Waals surface area contributed by atoms with Crippen molar-refractivity contribution in [3.05, 3.63) is 70.4 Å². The van der Waals surface area contributed by atoms with Gasteiger partial charge in [-0.15, -0.1) is 11.8 Å². The van der Waals surface area contributed by atoms with Crippen molar-refractivity contribution in [2.24, 2.45) is 0 Å². The molecule has 0 bridgehead atoms. The predicted molar refractivity (Wildman–Crippen MR) is 121 cm³/mol. The van der Waals surface area contributed by atoms with E-state index in [1.165, 1.54) is 46.3 Å². The van der Waals surface area contributed by atoms with Gasteiger partial charge in [0.05, 0.1) is 29.1 Å². The number of halogens is 1. The van der Waals surface area contributed by atoms with Crippen LogP contribution >= 0.6 is 23.5 Å². The Kier molecular flexibility index (Phi) is 6.33. The van der Waals surface area contributed by atoms with E-state index in [1.54, 1.807) is 37.4 Å². The van der Waals surface area contributed by atoms with Crippen LogP contribution in [0.3, 0.4) is 0 Å². The van der Waals surface area contributed by atoms with Gasteiger partial charge in [0.2, 0.25) is 5.91 Å². The zero-order chi connectivity index (χ0) is 22.0. The average molecular weight is 458 g/mol. The summed E-state index contributed by atoms with van der Waals surface area (Å²) in [5.74, 6) is -0.0294. The minimum atomic E-state index is -0.425. The molecule has 6 nitrogen and oxygen atoms in total. The highest BCUT2D eigenvalue weighted by molar-refractivity contribution is 8.00. The predicted octanol–water partition coefficient (Wildman–Crippen LogP) is 4.15. The topological polar surface area (TPSA) is 73.2 Å². The fourth-order valence-electron chi connectivity index (χ4n) is 3.25. The van der Waals surface area contributed by atoms with Crippen LogP contribution in [0.2, 0.25) is 0 Å². The van der Waals surface area contributed by atoms with Crippen molar-refractivity contribution in [3.63, 3.8) is 0 Å². The van der Waals surface area contributed by atoms with Gasteiger partial charge >= 0.3 is 0 Å². The van der Waals surface area contributed by atoms with Crippen molar-refractivity contribution >= 4 is 35.1 Å². The van der Waals surface area contributed by atoms with E-state index in [9.17, 15) is 14.0 Å². The van der Waals surface area contributed by atoms with Gasteiger partial charge < -0.3 is 10.1 Å². The van der Waals surface area contributed by atoms with E-state index in [4.69, 9.17) is 9.72 Å². The van der Waals surface area contributed by atoms with E-state index in [0.717, 1.165) is 5.69 Å². The number of rotatable bonds is 6. The van der Waals surface area contributed by atoms with Crippen LogP contribution in [0.4, 0.5) is 10.1 Å².